The number of rotatable bonds is 2. The number of H-pyrrole nitrogens is 1. The van der Waals surface area contributed by atoms with Crippen LogP contribution in [0, 0.1) is 6.92 Å². The first-order valence-corrected chi connectivity index (χ1v) is 5.14. The number of alkyl halides is 1. The van der Waals surface area contributed by atoms with Crippen molar-refractivity contribution in [3.8, 4) is 11.3 Å². The molecule has 1 aromatic heterocycles. The number of anilines is 1. The highest BCUT2D eigenvalue weighted by Gasteiger charge is 2.09. The van der Waals surface area contributed by atoms with E-state index in [4.69, 9.17) is 5.73 Å². The van der Waals surface area contributed by atoms with E-state index < -0.39 is 6.17 Å². The van der Waals surface area contributed by atoms with Crippen LogP contribution in [0.25, 0.3) is 11.3 Å². The number of nitrogen functional groups attached to an aromatic ring is 1. The molecule has 0 radical (unpaired) electrons. The number of nitrogens with zero attached hydrogens (tertiary/aromatic N) is 1. The van der Waals surface area contributed by atoms with E-state index in [9.17, 15) is 4.39 Å². The lowest BCUT2D eigenvalue weighted by atomic mass is 10.0. The van der Waals surface area contributed by atoms with E-state index in [-0.39, 0.29) is 0 Å². The van der Waals surface area contributed by atoms with Crippen molar-refractivity contribution in [1.82, 2.24) is 10.2 Å². The number of aromatic nitrogens is 2. The Morgan fingerprint density at radius 1 is 1.38 bits per heavy atom. The average Bonchev–Trinajstić information content (AvgIpc) is 2.65. The van der Waals surface area contributed by atoms with E-state index in [1.807, 2.05) is 19.1 Å². The molecule has 0 amide bonds. The molecule has 0 saturated carbocycles. The van der Waals surface area contributed by atoms with Crippen LogP contribution in [-0.4, -0.2) is 10.2 Å². The van der Waals surface area contributed by atoms with Gasteiger partial charge in [-0.3, -0.25) is 5.10 Å². The van der Waals surface area contributed by atoms with Gasteiger partial charge in [0.05, 0.1) is 5.69 Å². The molecule has 0 saturated heterocycles. The van der Waals surface area contributed by atoms with Crippen LogP contribution < -0.4 is 5.73 Å². The summed E-state index contributed by atoms with van der Waals surface area (Å²) in [6.45, 7) is 3.49. The second kappa shape index (κ2) is 3.96. The normalized spacial score (nSPS) is 12.7. The minimum absolute atomic E-state index is 0.438. The molecule has 1 aromatic carbocycles. The molecule has 84 valence electrons. The van der Waals surface area contributed by atoms with Gasteiger partial charge < -0.3 is 5.73 Å². The van der Waals surface area contributed by atoms with Gasteiger partial charge in [0, 0.05) is 11.6 Å². The molecule has 3 N–H and O–H groups in total. The smallest absolute Gasteiger partial charge is 0.145 e. The molecule has 4 heteroatoms. The second-order valence-corrected chi connectivity index (χ2v) is 3.90. The van der Waals surface area contributed by atoms with Crippen molar-refractivity contribution in [1.29, 1.82) is 0 Å². The molecule has 2 rings (SSSR count). The first-order chi connectivity index (χ1) is 7.58. The maximum Gasteiger partial charge on any atom is 0.145 e. The Labute approximate surface area is 93.5 Å². The molecule has 0 aliphatic rings. The van der Waals surface area contributed by atoms with Gasteiger partial charge in [-0.05, 0) is 31.0 Å². The lowest BCUT2D eigenvalue weighted by molar-refractivity contribution is 0.374. The van der Waals surface area contributed by atoms with Crippen molar-refractivity contribution in [3.05, 3.63) is 35.4 Å². The third-order valence-electron chi connectivity index (χ3n) is 2.61. The molecule has 0 aliphatic carbocycles. The SMILES string of the molecule is Cc1ccc(C(C)F)cc1-c1cc(N)n[nH]1. The summed E-state index contributed by atoms with van der Waals surface area (Å²) in [7, 11) is 0. The number of nitrogens with two attached hydrogens (primary N) is 1. The molecule has 0 fully saturated rings. The molecule has 0 bridgehead atoms. The number of aromatic amines is 1. The van der Waals surface area contributed by atoms with Crippen LogP contribution in [0.1, 0.15) is 24.2 Å². The summed E-state index contributed by atoms with van der Waals surface area (Å²) in [4.78, 5) is 0. The van der Waals surface area contributed by atoms with E-state index in [0.717, 1.165) is 16.8 Å². The lowest BCUT2D eigenvalue weighted by Crippen LogP contribution is -1.90. The van der Waals surface area contributed by atoms with Crippen molar-refractivity contribution in [2.75, 3.05) is 5.73 Å². The quantitative estimate of drug-likeness (QED) is 0.815. The van der Waals surface area contributed by atoms with Crippen LogP contribution >= 0.6 is 0 Å². The minimum Gasteiger partial charge on any atom is -0.382 e. The maximum absolute atomic E-state index is 13.2. The maximum atomic E-state index is 13.2. The highest BCUT2D eigenvalue weighted by molar-refractivity contribution is 5.66. The van der Waals surface area contributed by atoms with Crippen molar-refractivity contribution in [3.63, 3.8) is 0 Å². The Morgan fingerprint density at radius 3 is 2.69 bits per heavy atom. The first-order valence-electron chi connectivity index (χ1n) is 5.14. The fourth-order valence-electron chi connectivity index (χ4n) is 1.65. The summed E-state index contributed by atoms with van der Waals surface area (Å²) in [5, 5.41) is 6.70. The van der Waals surface area contributed by atoms with Gasteiger partial charge in [-0.2, -0.15) is 5.10 Å². The van der Waals surface area contributed by atoms with Gasteiger partial charge in [0.15, 0.2) is 0 Å². The summed E-state index contributed by atoms with van der Waals surface area (Å²) < 4.78 is 13.2. The lowest BCUT2D eigenvalue weighted by Gasteiger charge is -2.07. The van der Waals surface area contributed by atoms with Gasteiger partial charge in [-0.1, -0.05) is 12.1 Å². The predicted octanol–water partition coefficient (Wildman–Crippen LogP) is 3.00. The second-order valence-electron chi connectivity index (χ2n) is 3.90. The van der Waals surface area contributed by atoms with Crippen LogP contribution in [-0.2, 0) is 0 Å². The zero-order valence-corrected chi connectivity index (χ0v) is 9.29. The Hall–Kier alpha value is -1.84. The summed E-state index contributed by atoms with van der Waals surface area (Å²) in [5.74, 6) is 0.438. The molecule has 1 atom stereocenters. The molecule has 16 heavy (non-hydrogen) atoms. The van der Waals surface area contributed by atoms with Crippen molar-refractivity contribution in [2.45, 2.75) is 20.0 Å². The summed E-state index contributed by atoms with van der Waals surface area (Å²) in [6, 6.07) is 7.27. The zero-order valence-electron chi connectivity index (χ0n) is 9.29. The van der Waals surface area contributed by atoms with Gasteiger partial charge in [-0.15, -0.1) is 0 Å². The van der Waals surface area contributed by atoms with E-state index in [1.54, 1.807) is 12.1 Å². The van der Waals surface area contributed by atoms with Gasteiger partial charge >= 0.3 is 0 Å². The summed E-state index contributed by atoms with van der Waals surface area (Å²) in [5.41, 5.74) is 9.02. The van der Waals surface area contributed by atoms with Gasteiger partial charge in [-0.25, -0.2) is 4.39 Å². The Morgan fingerprint density at radius 2 is 2.12 bits per heavy atom. The molecule has 3 nitrogen and oxygen atoms in total. The third kappa shape index (κ3) is 1.91. The summed E-state index contributed by atoms with van der Waals surface area (Å²) in [6.07, 6.45) is -0.973. The summed E-state index contributed by atoms with van der Waals surface area (Å²) >= 11 is 0. The van der Waals surface area contributed by atoms with E-state index >= 15 is 0 Å². The van der Waals surface area contributed by atoms with Gasteiger partial charge in [0.25, 0.3) is 0 Å². The molecule has 0 aliphatic heterocycles. The van der Waals surface area contributed by atoms with Crippen LogP contribution in [0.5, 0.6) is 0 Å². The fourth-order valence-corrected chi connectivity index (χ4v) is 1.65. The van der Waals surface area contributed by atoms with Gasteiger partial charge in [0.2, 0.25) is 0 Å². The highest BCUT2D eigenvalue weighted by Crippen LogP contribution is 2.27. The molecule has 2 aromatic rings. The van der Waals surface area contributed by atoms with E-state index in [0.29, 0.717) is 11.4 Å². The topological polar surface area (TPSA) is 54.7 Å². The van der Waals surface area contributed by atoms with Crippen molar-refractivity contribution < 1.29 is 4.39 Å². The first kappa shape index (κ1) is 10.7. The molecule has 1 heterocycles. The van der Waals surface area contributed by atoms with Crippen molar-refractivity contribution in [2.24, 2.45) is 0 Å². The van der Waals surface area contributed by atoms with Crippen LogP contribution in [0.4, 0.5) is 10.2 Å². The van der Waals surface area contributed by atoms with Crippen LogP contribution in [0.2, 0.25) is 0 Å². The van der Waals surface area contributed by atoms with Crippen molar-refractivity contribution >= 4 is 5.82 Å². The minimum atomic E-state index is -0.973. The standard InChI is InChI=1S/C12H14FN3/c1-7-3-4-9(8(2)13)5-10(7)11-6-12(14)16-15-11/h3-6,8H,1-2H3,(H3,14,15,16). The van der Waals surface area contributed by atoms with Crippen LogP contribution in [0.3, 0.4) is 0 Å². The van der Waals surface area contributed by atoms with E-state index in [1.165, 1.54) is 6.92 Å². The Bertz CT molecular complexity index is 503. The highest BCUT2D eigenvalue weighted by atomic mass is 19.1. The predicted molar refractivity (Wildman–Crippen MR) is 62.7 cm³/mol. The zero-order chi connectivity index (χ0) is 11.7. The number of nitrogens with one attached hydrogen (secondary N) is 1. The molecule has 0 spiro atoms. The number of halogens is 1. The van der Waals surface area contributed by atoms with Gasteiger partial charge in [0.1, 0.15) is 12.0 Å². The fraction of sp³-hybridized carbons (Fsp3) is 0.250. The Balaban J connectivity index is 2.51. The molecular weight excluding hydrogens is 205 g/mol. The number of benzene rings is 1. The number of hydrogen-bond acceptors (Lipinski definition) is 2. The van der Waals surface area contributed by atoms with Crippen LogP contribution in [0.15, 0.2) is 24.3 Å². The Kier molecular flexibility index (Phi) is 2.64. The average molecular weight is 219 g/mol. The monoisotopic (exact) mass is 219 g/mol. The number of aryl methyl sites for hydroxylation is 1. The van der Waals surface area contributed by atoms with E-state index in [2.05, 4.69) is 10.2 Å². The third-order valence-corrected chi connectivity index (χ3v) is 2.61. The molecular formula is C12H14FN3. The molecule has 1 unspecified atom stereocenters. The number of hydrogen-bond donors (Lipinski definition) is 2. The largest absolute Gasteiger partial charge is 0.382 e.